The molecule has 5 nitrogen and oxygen atoms in total. The minimum absolute atomic E-state index is 0.0121. The van der Waals surface area contributed by atoms with Crippen LogP contribution in [0.2, 0.25) is 0 Å². The molecule has 0 spiro atoms. The Labute approximate surface area is 204 Å². The van der Waals surface area contributed by atoms with Gasteiger partial charge in [0.1, 0.15) is 0 Å². The number of benzene rings is 1. The molecular weight excluding hydrogens is 542 g/mol. The van der Waals surface area contributed by atoms with Crippen LogP contribution in [0, 0.1) is 5.92 Å². The monoisotopic (exact) mass is 560 g/mol. The SMILES string of the molecule is CC(c1c(Br)cnn1-c1ccccn1)N(CC1CC1)C(=O)c1cc(C(F)(F)F)cc(C(F)(F)F)c1. The highest BCUT2D eigenvalue weighted by molar-refractivity contribution is 9.10. The summed E-state index contributed by atoms with van der Waals surface area (Å²) >= 11 is 3.40. The van der Waals surface area contributed by atoms with Gasteiger partial charge in [0.25, 0.3) is 5.91 Å². The summed E-state index contributed by atoms with van der Waals surface area (Å²) in [7, 11) is 0. The number of hydrogen-bond acceptors (Lipinski definition) is 3. The molecule has 1 amide bonds. The largest absolute Gasteiger partial charge is 0.416 e. The molecule has 1 saturated carbocycles. The molecule has 1 atom stereocenters. The Balaban J connectivity index is 1.78. The molecule has 35 heavy (non-hydrogen) atoms. The average molecular weight is 561 g/mol. The summed E-state index contributed by atoms with van der Waals surface area (Å²) < 4.78 is 82.3. The number of halogens is 7. The molecule has 0 saturated heterocycles. The van der Waals surface area contributed by atoms with E-state index in [0.29, 0.717) is 28.1 Å². The number of carbonyl (C=O) groups is 1. The van der Waals surface area contributed by atoms with Crippen molar-refractivity contribution in [2.24, 2.45) is 5.92 Å². The number of pyridine rings is 1. The Morgan fingerprint density at radius 2 is 1.74 bits per heavy atom. The zero-order valence-corrected chi connectivity index (χ0v) is 19.8. The topological polar surface area (TPSA) is 51.0 Å². The van der Waals surface area contributed by atoms with Gasteiger partial charge in [-0.15, -0.1) is 0 Å². The van der Waals surface area contributed by atoms with Gasteiger partial charge in [0.05, 0.1) is 33.5 Å². The van der Waals surface area contributed by atoms with E-state index < -0.39 is 41.0 Å². The first kappa shape index (κ1) is 25.2. The molecule has 1 unspecified atom stereocenters. The van der Waals surface area contributed by atoms with Crippen LogP contribution in [0.1, 0.15) is 53.0 Å². The van der Waals surface area contributed by atoms with Crippen LogP contribution >= 0.6 is 15.9 Å². The summed E-state index contributed by atoms with van der Waals surface area (Å²) in [5.74, 6) is -0.377. The van der Waals surface area contributed by atoms with Crippen LogP contribution in [0.3, 0.4) is 0 Å². The lowest BCUT2D eigenvalue weighted by molar-refractivity contribution is -0.143. The number of alkyl halides is 6. The normalized spacial score (nSPS) is 15.2. The van der Waals surface area contributed by atoms with Gasteiger partial charge in [-0.05, 0) is 71.9 Å². The highest BCUT2D eigenvalue weighted by Gasteiger charge is 2.39. The van der Waals surface area contributed by atoms with E-state index in [0.717, 1.165) is 12.8 Å². The molecule has 3 aromatic rings. The predicted octanol–water partition coefficient (Wildman–Crippen LogP) is 6.68. The maximum atomic E-state index is 13.5. The van der Waals surface area contributed by atoms with Gasteiger partial charge in [-0.3, -0.25) is 4.79 Å². The number of amides is 1. The minimum Gasteiger partial charge on any atom is -0.330 e. The average Bonchev–Trinajstić information content (AvgIpc) is 3.54. The third-order valence-electron chi connectivity index (χ3n) is 5.74. The van der Waals surface area contributed by atoms with Crippen molar-refractivity contribution in [3.63, 3.8) is 0 Å². The van der Waals surface area contributed by atoms with Crippen molar-refractivity contribution in [3.8, 4) is 5.82 Å². The first-order valence-electron chi connectivity index (χ1n) is 10.6. The van der Waals surface area contributed by atoms with Crippen molar-refractivity contribution in [2.75, 3.05) is 6.54 Å². The van der Waals surface area contributed by atoms with Crippen LogP contribution in [-0.4, -0.2) is 32.1 Å². The fourth-order valence-corrected chi connectivity index (χ4v) is 4.35. The van der Waals surface area contributed by atoms with E-state index in [2.05, 4.69) is 26.0 Å². The van der Waals surface area contributed by atoms with Gasteiger partial charge in [-0.25, -0.2) is 9.67 Å². The number of aromatic nitrogens is 3. The zero-order valence-electron chi connectivity index (χ0n) is 18.2. The molecule has 2 aromatic heterocycles. The maximum absolute atomic E-state index is 13.5. The van der Waals surface area contributed by atoms with E-state index in [1.54, 1.807) is 31.3 Å². The fourth-order valence-electron chi connectivity index (χ4n) is 3.76. The molecule has 2 heterocycles. The summed E-state index contributed by atoms with van der Waals surface area (Å²) in [6.07, 6.45) is -5.44. The highest BCUT2D eigenvalue weighted by Crippen LogP contribution is 2.39. The van der Waals surface area contributed by atoms with Crippen molar-refractivity contribution < 1.29 is 31.1 Å². The number of hydrogen-bond donors (Lipinski definition) is 0. The van der Waals surface area contributed by atoms with Crippen LogP contribution in [0.5, 0.6) is 0 Å². The Morgan fingerprint density at radius 1 is 1.11 bits per heavy atom. The van der Waals surface area contributed by atoms with Crippen LogP contribution in [-0.2, 0) is 12.4 Å². The van der Waals surface area contributed by atoms with Crippen molar-refractivity contribution >= 4 is 21.8 Å². The minimum atomic E-state index is -5.05. The van der Waals surface area contributed by atoms with Crippen LogP contribution in [0.25, 0.3) is 5.82 Å². The Hall–Kier alpha value is -2.89. The van der Waals surface area contributed by atoms with E-state index in [4.69, 9.17) is 0 Å². The lowest BCUT2D eigenvalue weighted by Crippen LogP contribution is -2.36. The lowest BCUT2D eigenvalue weighted by atomic mass is 10.0. The molecule has 4 rings (SSSR count). The quantitative estimate of drug-likeness (QED) is 0.316. The van der Waals surface area contributed by atoms with E-state index in [1.807, 2.05) is 0 Å². The zero-order chi connectivity index (χ0) is 25.5. The molecular formula is C23H19BrF6N4O. The van der Waals surface area contributed by atoms with Crippen molar-refractivity contribution in [3.05, 3.63) is 75.6 Å². The van der Waals surface area contributed by atoms with Crippen LogP contribution in [0.15, 0.2) is 53.3 Å². The Bertz CT molecular complexity index is 1190. The van der Waals surface area contributed by atoms with Gasteiger partial charge < -0.3 is 4.90 Å². The lowest BCUT2D eigenvalue weighted by Gasteiger charge is -2.30. The predicted molar refractivity (Wildman–Crippen MR) is 118 cm³/mol. The second kappa shape index (κ2) is 9.29. The van der Waals surface area contributed by atoms with Crippen molar-refractivity contribution in [1.82, 2.24) is 19.7 Å². The Morgan fingerprint density at radius 3 is 2.26 bits per heavy atom. The molecule has 1 aromatic carbocycles. The molecule has 186 valence electrons. The molecule has 1 aliphatic rings. The highest BCUT2D eigenvalue weighted by atomic mass is 79.9. The summed E-state index contributed by atoms with van der Waals surface area (Å²) in [5, 5.41) is 4.28. The first-order valence-corrected chi connectivity index (χ1v) is 11.4. The third kappa shape index (κ3) is 5.52. The Kier molecular flexibility index (Phi) is 6.69. The molecule has 1 aliphatic carbocycles. The molecule has 12 heteroatoms. The summed E-state index contributed by atoms with van der Waals surface area (Å²) in [6, 6.07) is 5.33. The molecule has 0 bridgehead atoms. The second-order valence-corrected chi connectivity index (χ2v) is 9.20. The number of rotatable bonds is 6. The number of nitrogens with zero attached hydrogens (tertiary/aromatic N) is 4. The smallest absolute Gasteiger partial charge is 0.330 e. The molecule has 0 N–H and O–H groups in total. The van der Waals surface area contributed by atoms with Gasteiger partial charge in [0, 0.05) is 18.3 Å². The van der Waals surface area contributed by atoms with Gasteiger partial charge in [-0.2, -0.15) is 31.4 Å². The van der Waals surface area contributed by atoms with Crippen molar-refractivity contribution in [1.29, 1.82) is 0 Å². The second-order valence-electron chi connectivity index (χ2n) is 8.35. The van der Waals surface area contributed by atoms with Crippen LogP contribution in [0.4, 0.5) is 26.3 Å². The fraction of sp³-hybridized carbons (Fsp3) is 0.348. The summed E-state index contributed by atoms with van der Waals surface area (Å²) in [6.45, 7) is 1.83. The summed E-state index contributed by atoms with van der Waals surface area (Å²) in [5.41, 5.74) is -3.26. The van der Waals surface area contributed by atoms with Crippen LogP contribution < -0.4 is 0 Å². The van der Waals surface area contributed by atoms with E-state index in [-0.39, 0.29) is 18.5 Å². The van der Waals surface area contributed by atoms with E-state index in [1.165, 1.54) is 15.8 Å². The standard InChI is InChI=1S/C23H19BrF6N4O/c1-13(20-18(24)11-32-34(20)19-4-2-3-7-31-19)33(12-14-5-6-14)21(35)15-8-16(22(25,26)27)10-17(9-15)23(28,29)30/h2-4,7-11,13-14H,5-6,12H2,1H3. The van der Waals surface area contributed by atoms with Gasteiger partial charge in [0.2, 0.25) is 0 Å². The van der Waals surface area contributed by atoms with E-state index in [9.17, 15) is 31.1 Å². The first-order chi connectivity index (χ1) is 16.4. The van der Waals surface area contributed by atoms with Crippen molar-refractivity contribution in [2.45, 2.75) is 38.2 Å². The molecule has 0 aliphatic heterocycles. The maximum Gasteiger partial charge on any atom is 0.416 e. The molecule has 0 radical (unpaired) electrons. The summed E-state index contributed by atoms with van der Waals surface area (Å²) in [4.78, 5) is 19.0. The number of carbonyl (C=O) groups excluding carboxylic acids is 1. The van der Waals surface area contributed by atoms with E-state index >= 15 is 0 Å². The van der Waals surface area contributed by atoms with Gasteiger partial charge in [-0.1, -0.05) is 6.07 Å². The third-order valence-corrected chi connectivity index (χ3v) is 6.35. The molecule has 1 fully saturated rings. The van der Waals surface area contributed by atoms with Gasteiger partial charge >= 0.3 is 12.4 Å². The van der Waals surface area contributed by atoms with Gasteiger partial charge in [0.15, 0.2) is 5.82 Å².